The van der Waals surface area contributed by atoms with Crippen LogP contribution in [-0.4, -0.2) is 6.10 Å². The zero-order chi connectivity index (χ0) is 17.2. The first-order chi connectivity index (χ1) is 11.7. The molecule has 2 rings (SSSR count). The van der Waals surface area contributed by atoms with E-state index >= 15 is 0 Å². The first-order valence-corrected chi connectivity index (χ1v) is 8.46. The number of halogens is 2. The van der Waals surface area contributed by atoms with E-state index < -0.39 is 5.83 Å². The van der Waals surface area contributed by atoms with Crippen molar-refractivity contribution in [3.8, 4) is 6.07 Å². The van der Waals surface area contributed by atoms with Gasteiger partial charge in [-0.25, -0.2) is 4.39 Å². The fraction of sp³-hybridized carbons (Fsp3) is 0.450. The number of nitriles is 1. The molecule has 0 N–H and O–H groups in total. The minimum atomic E-state index is -0.759. The summed E-state index contributed by atoms with van der Waals surface area (Å²) in [5.41, 5.74) is 1.00. The molecule has 1 aliphatic rings. The average Bonchev–Trinajstić information content (AvgIpc) is 2.61. The van der Waals surface area contributed by atoms with Gasteiger partial charge in [0.15, 0.2) is 5.83 Å². The SMILES string of the molecule is N#C/C(F)=C/C=C/CC[C@H]1CC[C@H](OCc2ccc(F)cc2)CC1. The van der Waals surface area contributed by atoms with E-state index in [1.807, 2.05) is 6.08 Å². The van der Waals surface area contributed by atoms with Gasteiger partial charge < -0.3 is 4.74 Å². The Labute approximate surface area is 142 Å². The molecule has 128 valence electrons. The molecule has 0 atom stereocenters. The largest absolute Gasteiger partial charge is 0.374 e. The van der Waals surface area contributed by atoms with Crippen LogP contribution >= 0.6 is 0 Å². The molecule has 24 heavy (non-hydrogen) atoms. The second-order valence-electron chi connectivity index (χ2n) is 6.21. The predicted octanol–water partition coefficient (Wildman–Crippen LogP) is 5.61. The van der Waals surface area contributed by atoms with Crippen LogP contribution in [0.15, 0.2) is 48.3 Å². The molecule has 0 spiro atoms. The Hall–Kier alpha value is -1.99. The molecule has 1 aromatic rings. The third-order valence-electron chi connectivity index (χ3n) is 4.42. The van der Waals surface area contributed by atoms with Gasteiger partial charge >= 0.3 is 0 Å². The van der Waals surface area contributed by atoms with E-state index in [1.165, 1.54) is 24.3 Å². The third-order valence-corrected chi connectivity index (χ3v) is 4.42. The topological polar surface area (TPSA) is 33.0 Å². The Morgan fingerprint density at radius 2 is 1.92 bits per heavy atom. The van der Waals surface area contributed by atoms with Crippen molar-refractivity contribution in [3.05, 3.63) is 59.7 Å². The molecule has 1 fully saturated rings. The first kappa shape index (κ1) is 18.4. The van der Waals surface area contributed by atoms with Crippen LogP contribution in [0, 0.1) is 23.1 Å². The lowest BCUT2D eigenvalue weighted by Crippen LogP contribution is -2.21. The van der Waals surface area contributed by atoms with E-state index in [9.17, 15) is 8.78 Å². The molecule has 0 aliphatic heterocycles. The summed E-state index contributed by atoms with van der Waals surface area (Å²) >= 11 is 0. The minimum absolute atomic E-state index is 0.223. The maximum absolute atomic E-state index is 12.9. The van der Waals surface area contributed by atoms with E-state index in [4.69, 9.17) is 10.00 Å². The Morgan fingerprint density at radius 1 is 1.21 bits per heavy atom. The molecule has 0 heterocycles. The summed E-state index contributed by atoms with van der Waals surface area (Å²) in [5.74, 6) is -0.297. The highest BCUT2D eigenvalue weighted by atomic mass is 19.1. The summed E-state index contributed by atoms with van der Waals surface area (Å²) in [6.07, 6.45) is 11.4. The van der Waals surface area contributed by atoms with E-state index in [-0.39, 0.29) is 11.9 Å². The monoisotopic (exact) mass is 331 g/mol. The summed E-state index contributed by atoms with van der Waals surface area (Å²) in [7, 11) is 0. The molecule has 1 aliphatic carbocycles. The van der Waals surface area contributed by atoms with Crippen molar-refractivity contribution in [1.29, 1.82) is 5.26 Å². The lowest BCUT2D eigenvalue weighted by molar-refractivity contribution is 0.00645. The Morgan fingerprint density at radius 3 is 2.58 bits per heavy atom. The van der Waals surface area contributed by atoms with Gasteiger partial charge in [-0.05, 0) is 68.2 Å². The van der Waals surface area contributed by atoms with Crippen LogP contribution < -0.4 is 0 Å². The number of rotatable bonds is 7. The van der Waals surface area contributed by atoms with Gasteiger partial charge in [-0.1, -0.05) is 24.3 Å². The summed E-state index contributed by atoms with van der Waals surface area (Å²) in [5, 5.41) is 8.29. The van der Waals surface area contributed by atoms with Gasteiger partial charge in [0.25, 0.3) is 0 Å². The summed E-state index contributed by atoms with van der Waals surface area (Å²) in [6, 6.07) is 7.89. The minimum Gasteiger partial charge on any atom is -0.374 e. The Kier molecular flexibility index (Phi) is 7.64. The second kappa shape index (κ2) is 10.00. The van der Waals surface area contributed by atoms with Crippen molar-refractivity contribution in [1.82, 2.24) is 0 Å². The maximum Gasteiger partial charge on any atom is 0.199 e. The van der Waals surface area contributed by atoms with E-state index in [0.717, 1.165) is 44.1 Å². The van der Waals surface area contributed by atoms with Gasteiger partial charge in [-0.15, -0.1) is 0 Å². The van der Waals surface area contributed by atoms with Crippen molar-refractivity contribution in [3.63, 3.8) is 0 Å². The second-order valence-corrected chi connectivity index (χ2v) is 6.21. The van der Waals surface area contributed by atoms with Crippen LogP contribution in [0.1, 0.15) is 44.1 Å². The summed E-state index contributed by atoms with van der Waals surface area (Å²) in [4.78, 5) is 0. The molecule has 2 nitrogen and oxygen atoms in total. The van der Waals surface area contributed by atoms with Crippen LogP contribution in [0.4, 0.5) is 8.78 Å². The smallest absolute Gasteiger partial charge is 0.199 e. The number of hydrogen-bond acceptors (Lipinski definition) is 2. The molecule has 4 heteroatoms. The maximum atomic E-state index is 12.9. The summed E-state index contributed by atoms with van der Waals surface area (Å²) in [6.45, 7) is 0.537. The fourth-order valence-electron chi connectivity index (χ4n) is 3.00. The normalized spacial score (nSPS) is 21.8. The van der Waals surface area contributed by atoms with Crippen LogP contribution in [-0.2, 0) is 11.3 Å². The van der Waals surface area contributed by atoms with Crippen molar-refractivity contribution in [2.24, 2.45) is 5.92 Å². The van der Waals surface area contributed by atoms with Crippen molar-refractivity contribution >= 4 is 0 Å². The zero-order valence-electron chi connectivity index (χ0n) is 13.8. The zero-order valence-corrected chi connectivity index (χ0v) is 13.8. The lowest BCUT2D eigenvalue weighted by atomic mass is 9.84. The number of allylic oxidation sites excluding steroid dienone is 4. The predicted molar refractivity (Wildman–Crippen MR) is 90.1 cm³/mol. The molecule has 1 saturated carbocycles. The molecule has 0 saturated heterocycles. The van der Waals surface area contributed by atoms with E-state index in [2.05, 4.69) is 0 Å². The van der Waals surface area contributed by atoms with Gasteiger partial charge in [-0.3, -0.25) is 0 Å². The fourth-order valence-corrected chi connectivity index (χ4v) is 3.00. The first-order valence-electron chi connectivity index (χ1n) is 8.46. The summed E-state index contributed by atoms with van der Waals surface area (Å²) < 4.78 is 31.4. The van der Waals surface area contributed by atoms with E-state index in [0.29, 0.717) is 12.5 Å². The van der Waals surface area contributed by atoms with Crippen LogP contribution in [0.25, 0.3) is 0 Å². The molecule has 0 aromatic heterocycles. The van der Waals surface area contributed by atoms with Gasteiger partial charge in [0.05, 0.1) is 12.7 Å². The van der Waals surface area contributed by atoms with Gasteiger partial charge in [0, 0.05) is 0 Å². The lowest BCUT2D eigenvalue weighted by Gasteiger charge is -2.28. The third kappa shape index (κ3) is 6.64. The number of nitrogens with zero attached hydrogens (tertiary/aromatic N) is 1. The number of benzene rings is 1. The van der Waals surface area contributed by atoms with Crippen molar-refractivity contribution < 1.29 is 13.5 Å². The molecular formula is C20H23F2NO. The van der Waals surface area contributed by atoms with Gasteiger partial charge in [-0.2, -0.15) is 9.65 Å². The number of ether oxygens (including phenoxy) is 1. The van der Waals surface area contributed by atoms with Gasteiger partial charge in [0.1, 0.15) is 11.9 Å². The standard InChI is InChI=1S/C20H23F2NO/c21-18-10-6-17(7-11-18)15-24-20-12-8-16(9-13-20)4-2-1-3-5-19(22)14-23/h1,3,5-7,10-11,16,20H,2,4,8-9,12-13,15H2/b3-1+,19-5-/t16-,20-. The number of hydrogen-bond donors (Lipinski definition) is 0. The highest BCUT2D eigenvalue weighted by Crippen LogP contribution is 2.30. The Bertz CT molecular complexity index is 593. The van der Waals surface area contributed by atoms with Crippen LogP contribution in [0.3, 0.4) is 0 Å². The van der Waals surface area contributed by atoms with Crippen LogP contribution in [0.2, 0.25) is 0 Å². The van der Waals surface area contributed by atoms with Crippen molar-refractivity contribution in [2.45, 2.75) is 51.2 Å². The molecular weight excluding hydrogens is 308 g/mol. The van der Waals surface area contributed by atoms with Crippen molar-refractivity contribution in [2.75, 3.05) is 0 Å². The Balaban J connectivity index is 1.61. The molecule has 0 radical (unpaired) electrons. The van der Waals surface area contributed by atoms with E-state index in [1.54, 1.807) is 18.2 Å². The average molecular weight is 331 g/mol. The molecule has 0 unspecified atom stereocenters. The molecule has 0 bridgehead atoms. The molecule has 0 amide bonds. The van der Waals surface area contributed by atoms with Crippen LogP contribution in [0.5, 0.6) is 0 Å². The van der Waals surface area contributed by atoms with Gasteiger partial charge in [0.2, 0.25) is 0 Å². The highest BCUT2D eigenvalue weighted by Gasteiger charge is 2.21. The molecule has 1 aromatic carbocycles. The quantitative estimate of drug-likeness (QED) is 0.480. The highest BCUT2D eigenvalue weighted by molar-refractivity contribution is 5.18.